The van der Waals surface area contributed by atoms with E-state index in [1.54, 1.807) is 11.8 Å². The smallest absolute Gasteiger partial charge is 0.263 e. The Balaban J connectivity index is 2.81. The van der Waals surface area contributed by atoms with Gasteiger partial charge >= 0.3 is 0 Å². The van der Waals surface area contributed by atoms with Gasteiger partial charge in [0.2, 0.25) is 0 Å². The molecule has 0 unspecified atom stereocenters. The molecule has 1 amide bonds. The van der Waals surface area contributed by atoms with Crippen molar-refractivity contribution in [1.29, 1.82) is 0 Å². The van der Waals surface area contributed by atoms with Gasteiger partial charge in [0, 0.05) is 6.54 Å². The minimum atomic E-state index is -0.0713. The normalized spacial score (nSPS) is 10.1. The summed E-state index contributed by atoms with van der Waals surface area (Å²) in [4.78, 5) is 12.1. The van der Waals surface area contributed by atoms with Gasteiger partial charge in [-0.25, -0.2) is 0 Å². The number of thiophene rings is 1. The minimum absolute atomic E-state index is 0.0713. The minimum Gasteiger partial charge on any atom is -0.397 e. The van der Waals surface area contributed by atoms with E-state index in [1.165, 1.54) is 11.3 Å². The quantitative estimate of drug-likeness (QED) is 0.780. The summed E-state index contributed by atoms with van der Waals surface area (Å²) in [6.07, 6.45) is 0. The van der Waals surface area contributed by atoms with Crippen molar-refractivity contribution in [3.05, 3.63) is 10.9 Å². The van der Waals surface area contributed by atoms with Crippen LogP contribution in [-0.4, -0.2) is 18.2 Å². The van der Waals surface area contributed by atoms with Gasteiger partial charge < -0.3 is 11.1 Å². The number of hydrogen-bond donors (Lipinski definition) is 2. The molecule has 5 heteroatoms. The summed E-state index contributed by atoms with van der Waals surface area (Å²) in [6, 6.07) is 1.86. The SMILES string of the molecule is CCNC(=O)c1sc(SCC)cc1N. The summed E-state index contributed by atoms with van der Waals surface area (Å²) in [5.74, 6) is 0.923. The molecule has 14 heavy (non-hydrogen) atoms. The highest BCUT2D eigenvalue weighted by atomic mass is 32.2. The molecule has 1 aromatic rings. The van der Waals surface area contributed by atoms with Gasteiger partial charge in [-0.3, -0.25) is 4.79 Å². The molecular weight excluding hydrogens is 216 g/mol. The van der Waals surface area contributed by atoms with Crippen LogP contribution in [0.1, 0.15) is 23.5 Å². The van der Waals surface area contributed by atoms with E-state index in [-0.39, 0.29) is 5.91 Å². The molecule has 1 rings (SSSR count). The fourth-order valence-electron chi connectivity index (χ4n) is 1.01. The Labute approximate surface area is 92.1 Å². The maximum Gasteiger partial charge on any atom is 0.263 e. The van der Waals surface area contributed by atoms with Crippen molar-refractivity contribution in [2.24, 2.45) is 0 Å². The molecule has 0 saturated carbocycles. The number of thioether (sulfide) groups is 1. The van der Waals surface area contributed by atoms with Crippen molar-refractivity contribution in [1.82, 2.24) is 5.32 Å². The zero-order chi connectivity index (χ0) is 10.6. The predicted octanol–water partition coefficient (Wildman–Crippen LogP) is 2.19. The number of nitrogen functional groups attached to an aromatic ring is 1. The number of carbonyl (C=O) groups excluding carboxylic acids is 1. The number of amides is 1. The summed E-state index contributed by atoms with van der Waals surface area (Å²) < 4.78 is 1.10. The topological polar surface area (TPSA) is 55.1 Å². The van der Waals surface area contributed by atoms with Crippen molar-refractivity contribution in [3.63, 3.8) is 0 Å². The number of nitrogens with one attached hydrogen (secondary N) is 1. The van der Waals surface area contributed by atoms with Crippen molar-refractivity contribution in [2.75, 3.05) is 18.0 Å². The molecule has 3 nitrogen and oxygen atoms in total. The number of nitrogens with two attached hydrogens (primary N) is 1. The van der Waals surface area contributed by atoms with Gasteiger partial charge in [-0.05, 0) is 18.7 Å². The van der Waals surface area contributed by atoms with Crippen LogP contribution in [0.3, 0.4) is 0 Å². The van der Waals surface area contributed by atoms with Gasteiger partial charge in [0.25, 0.3) is 5.91 Å². The third kappa shape index (κ3) is 2.65. The predicted molar refractivity (Wildman–Crippen MR) is 63.1 cm³/mol. The van der Waals surface area contributed by atoms with Crippen LogP contribution >= 0.6 is 23.1 Å². The molecule has 0 aromatic carbocycles. The van der Waals surface area contributed by atoms with Gasteiger partial charge in [-0.1, -0.05) is 6.92 Å². The van der Waals surface area contributed by atoms with Crippen LogP contribution in [0.25, 0.3) is 0 Å². The second-order valence-corrected chi connectivity index (χ2v) is 5.26. The largest absolute Gasteiger partial charge is 0.397 e. The van der Waals surface area contributed by atoms with E-state index in [2.05, 4.69) is 12.2 Å². The molecule has 1 heterocycles. The number of carbonyl (C=O) groups is 1. The molecule has 0 bridgehead atoms. The van der Waals surface area contributed by atoms with E-state index in [9.17, 15) is 4.79 Å². The molecule has 3 N–H and O–H groups in total. The zero-order valence-electron chi connectivity index (χ0n) is 8.29. The highest BCUT2D eigenvalue weighted by molar-refractivity contribution is 8.01. The van der Waals surface area contributed by atoms with Crippen molar-refractivity contribution in [2.45, 2.75) is 18.1 Å². The lowest BCUT2D eigenvalue weighted by Gasteiger charge is -1.98. The summed E-state index contributed by atoms with van der Waals surface area (Å²) in [5, 5.41) is 2.74. The molecule has 0 aliphatic carbocycles. The van der Waals surface area contributed by atoms with E-state index in [1.807, 2.05) is 13.0 Å². The first-order chi connectivity index (χ1) is 6.69. The second kappa shape index (κ2) is 5.26. The van der Waals surface area contributed by atoms with Gasteiger partial charge in [-0.2, -0.15) is 0 Å². The number of anilines is 1. The van der Waals surface area contributed by atoms with Gasteiger partial charge in [0.05, 0.1) is 9.90 Å². The standard InChI is InChI=1S/C9H14N2OS2/c1-3-11-9(12)8-6(10)5-7(14-8)13-4-2/h5H,3-4,10H2,1-2H3,(H,11,12). The second-order valence-electron chi connectivity index (χ2n) is 2.64. The Bertz CT molecular complexity index is 323. The highest BCUT2D eigenvalue weighted by Gasteiger charge is 2.13. The van der Waals surface area contributed by atoms with Crippen LogP contribution in [0.4, 0.5) is 5.69 Å². The lowest BCUT2D eigenvalue weighted by molar-refractivity contribution is 0.0960. The summed E-state index contributed by atoms with van der Waals surface area (Å²) in [5.41, 5.74) is 6.32. The summed E-state index contributed by atoms with van der Waals surface area (Å²) in [7, 11) is 0. The lowest BCUT2D eigenvalue weighted by atomic mass is 10.4. The summed E-state index contributed by atoms with van der Waals surface area (Å²) >= 11 is 3.16. The Hall–Kier alpha value is -0.680. The molecule has 0 spiro atoms. The van der Waals surface area contributed by atoms with E-state index in [0.29, 0.717) is 17.1 Å². The first-order valence-electron chi connectivity index (χ1n) is 4.49. The Morgan fingerprint density at radius 2 is 2.36 bits per heavy atom. The van der Waals surface area contributed by atoms with Crippen molar-refractivity contribution < 1.29 is 4.79 Å². The Kier molecular flexibility index (Phi) is 4.28. The first-order valence-corrected chi connectivity index (χ1v) is 6.29. The number of hydrogen-bond acceptors (Lipinski definition) is 4. The van der Waals surface area contributed by atoms with E-state index >= 15 is 0 Å². The maximum absolute atomic E-state index is 11.5. The Morgan fingerprint density at radius 3 is 2.93 bits per heavy atom. The average molecular weight is 230 g/mol. The van der Waals surface area contributed by atoms with Crippen LogP contribution in [0, 0.1) is 0 Å². The van der Waals surface area contributed by atoms with E-state index in [0.717, 1.165) is 9.96 Å². The monoisotopic (exact) mass is 230 g/mol. The van der Waals surface area contributed by atoms with Gasteiger partial charge in [0.1, 0.15) is 4.88 Å². The van der Waals surface area contributed by atoms with E-state index in [4.69, 9.17) is 5.73 Å². The van der Waals surface area contributed by atoms with Crippen molar-refractivity contribution in [3.8, 4) is 0 Å². The Morgan fingerprint density at radius 1 is 1.64 bits per heavy atom. The average Bonchev–Trinajstić information content (AvgIpc) is 2.48. The van der Waals surface area contributed by atoms with Gasteiger partial charge in [-0.15, -0.1) is 23.1 Å². The van der Waals surface area contributed by atoms with Crippen LogP contribution in [0.5, 0.6) is 0 Å². The van der Waals surface area contributed by atoms with E-state index < -0.39 is 0 Å². The van der Waals surface area contributed by atoms with Crippen LogP contribution in [-0.2, 0) is 0 Å². The molecule has 0 saturated heterocycles. The van der Waals surface area contributed by atoms with Crippen LogP contribution in [0.15, 0.2) is 10.3 Å². The molecule has 0 radical (unpaired) electrons. The van der Waals surface area contributed by atoms with Crippen LogP contribution < -0.4 is 11.1 Å². The molecule has 1 aromatic heterocycles. The molecule has 78 valence electrons. The first kappa shape index (κ1) is 11.4. The highest BCUT2D eigenvalue weighted by Crippen LogP contribution is 2.32. The lowest BCUT2D eigenvalue weighted by Crippen LogP contribution is -2.22. The van der Waals surface area contributed by atoms with Gasteiger partial charge in [0.15, 0.2) is 0 Å². The molecule has 0 fully saturated rings. The fourth-order valence-corrected chi connectivity index (χ4v) is 3.08. The molecule has 0 aliphatic heterocycles. The fraction of sp³-hybridized carbons (Fsp3) is 0.444. The zero-order valence-corrected chi connectivity index (χ0v) is 9.93. The number of rotatable bonds is 4. The third-order valence-corrected chi connectivity index (χ3v) is 3.81. The molecular formula is C9H14N2OS2. The maximum atomic E-state index is 11.5. The molecule has 0 atom stereocenters. The van der Waals surface area contributed by atoms with Crippen molar-refractivity contribution >= 4 is 34.7 Å². The molecule has 0 aliphatic rings. The van der Waals surface area contributed by atoms with Crippen LogP contribution in [0.2, 0.25) is 0 Å². The third-order valence-electron chi connectivity index (χ3n) is 1.57. The summed E-state index contributed by atoms with van der Waals surface area (Å²) in [6.45, 7) is 4.60.